The third-order valence-corrected chi connectivity index (χ3v) is 3.59. The lowest BCUT2D eigenvalue weighted by molar-refractivity contribution is -0.145. The number of amides is 2. The molecule has 3 N–H and O–H groups in total. The number of aliphatic hydroxyl groups excluding tert-OH is 1. The Morgan fingerprint density at radius 2 is 1.41 bits per heavy atom. The first kappa shape index (κ1) is 32.2. The number of hydrogen-bond acceptors (Lipinski definition) is 6. The Bertz CT molecular complexity index is 437. The Morgan fingerprint density at radius 1 is 0.931 bits per heavy atom. The first-order valence-corrected chi connectivity index (χ1v) is 10.6. The van der Waals surface area contributed by atoms with E-state index in [1.54, 1.807) is 20.8 Å². The number of ether oxygens (including phenoxy) is 1. The van der Waals surface area contributed by atoms with E-state index in [2.05, 4.69) is 0 Å². The van der Waals surface area contributed by atoms with E-state index in [1.165, 1.54) is 9.80 Å². The van der Waals surface area contributed by atoms with Crippen LogP contribution in [0.5, 0.6) is 0 Å². The second-order valence-corrected chi connectivity index (χ2v) is 6.87. The van der Waals surface area contributed by atoms with E-state index < -0.39 is 5.41 Å². The van der Waals surface area contributed by atoms with Crippen molar-refractivity contribution in [2.75, 3.05) is 52.5 Å². The van der Waals surface area contributed by atoms with Crippen molar-refractivity contribution < 1.29 is 25.7 Å². The monoisotopic (exact) mass is 421 g/mol. The number of ketones is 1. The molecule has 0 heterocycles. The van der Waals surface area contributed by atoms with Gasteiger partial charge in [-0.3, -0.25) is 14.4 Å². The maximum Gasteiger partial charge on any atom is 0.249 e. The van der Waals surface area contributed by atoms with E-state index >= 15 is 0 Å². The van der Waals surface area contributed by atoms with Crippen LogP contribution in [0.1, 0.15) is 63.2 Å². The molecule has 0 saturated heterocycles. The van der Waals surface area contributed by atoms with Gasteiger partial charge in [0.15, 0.2) is 5.78 Å². The van der Waals surface area contributed by atoms with Gasteiger partial charge in [-0.1, -0.05) is 55.4 Å². The highest BCUT2D eigenvalue weighted by Gasteiger charge is 2.25. The summed E-state index contributed by atoms with van der Waals surface area (Å²) in [6, 6.07) is 0. The summed E-state index contributed by atoms with van der Waals surface area (Å²) >= 11 is 0. The minimum Gasteiger partial charge on any atom is -0.395 e. The van der Waals surface area contributed by atoms with Crippen molar-refractivity contribution in [3.8, 4) is 0 Å². The van der Waals surface area contributed by atoms with Gasteiger partial charge in [-0.05, 0) is 6.42 Å². The fraction of sp³-hybridized carbons (Fsp3) is 0.857. The van der Waals surface area contributed by atoms with Crippen molar-refractivity contribution in [2.45, 2.75) is 61.8 Å². The maximum absolute atomic E-state index is 12.2. The van der Waals surface area contributed by atoms with Gasteiger partial charge in [0.1, 0.15) is 13.2 Å². The lowest BCUT2D eigenvalue weighted by atomic mass is 9.90. The highest BCUT2D eigenvalue weighted by atomic mass is 16.5. The molecule has 0 bridgehead atoms. The van der Waals surface area contributed by atoms with Crippen molar-refractivity contribution in [1.82, 2.24) is 9.80 Å². The fourth-order valence-corrected chi connectivity index (χ4v) is 2.02. The number of nitrogens with zero attached hydrogens (tertiary/aromatic N) is 2. The van der Waals surface area contributed by atoms with E-state index in [4.69, 9.17) is 15.6 Å². The fourth-order valence-electron chi connectivity index (χ4n) is 2.02. The normalized spacial score (nSPS) is 10.1. The molecule has 0 aromatic heterocycles. The van der Waals surface area contributed by atoms with Crippen LogP contribution < -0.4 is 5.73 Å². The number of carbonyl (C=O) groups excluding carboxylic acids is 3. The van der Waals surface area contributed by atoms with E-state index in [0.29, 0.717) is 6.54 Å². The molecular formula is C21H47N3O5. The molecule has 0 unspecified atom stereocenters. The molecule has 0 rings (SSSR count). The third kappa shape index (κ3) is 16.0. The molecule has 2 amide bonds. The molecule has 176 valence electrons. The number of carbonyl (C=O) groups is 3. The Hall–Kier alpha value is -1.51. The summed E-state index contributed by atoms with van der Waals surface area (Å²) < 4.78 is 5.21. The van der Waals surface area contributed by atoms with Gasteiger partial charge in [0, 0.05) is 33.0 Å². The molecule has 0 aliphatic carbocycles. The summed E-state index contributed by atoms with van der Waals surface area (Å²) in [6.45, 7) is 15.9. The van der Waals surface area contributed by atoms with Gasteiger partial charge in [-0.25, -0.2) is 0 Å². The Morgan fingerprint density at radius 3 is 1.79 bits per heavy atom. The number of Topliss-reactive ketones (excluding diaryl/α,β-unsaturated/α-hetero) is 1. The molecule has 0 fully saturated rings. The Kier molecular flexibility index (Phi) is 22.0. The lowest BCUT2D eigenvalue weighted by Crippen LogP contribution is -2.44. The van der Waals surface area contributed by atoms with E-state index in [9.17, 15) is 14.4 Å². The number of rotatable bonds is 12. The predicted molar refractivity (Wildman–Crippen MR) is 120 cm³/mol. The predicted octanol–water partition coefficient (Wildman–Crippen LogP) is 1.93. The third-order valence-electron chi connectivity index (χ3n) is 3.59. The largest absolute Gasteiger partial charge is 0.395 e. The molecule has 0 aromatic carbocycles. The van der Waals surface area contributed by atoms with Crippen molar-refractivity contribution in [1.29, 1.82) is 0 Å². The van der Waals surface area contributed by atoms with Gasteiger partial charge in [0.05, 0.1) is 13.2 Å². The summed E-state index contributed by atoms with van der Waals surface area (Å²) in [5.41, 5.74) is 4.96. The zero-order valence-electron chi connectivity index (χ0n) is 19.9. The second-order valence-electron chi connectivity index (χ2n) is 6.87. The van der Waals surface area contributed by atoms with Gasteiger partial charge in [0.2, 0.25) is 11.8 Å². The van der Waals surface area contributed by atoms with Gasteiger partial charge in [-0.15, -0.1) is 0 Å². The van der Waals surface area contributed by atoms with Gasteiger partial charge in [0.25, 0.3) is 0 Å². The topological polar surface area (TPSA) is 113 Å². The van der Waals surface area contributed by atoms with Crippen molar-refractivity contribution in [2.24, 2.45) is 11.1 Å². The Labute approximate surface area is 179 Å². The minimum absolute atomic E-state index is 0. The molecule has 0 aliphatic rings. The van der Waals surface area contributed by atoms with E-state index in [-0.39, 0.29) is 65.0 Å². The first-order valence-electron chi connectivity index (χ1n) is 10.6. The quantitative estimate of drug-likeness (QED) is 0.498. The summed E-state index contributed by atoms with van der Waals surface area (Å²) in [5, 5.41) is 8.97. The molecule has 0 saturated carbocycles. The number of aliphatic hydroxyl groups is 1. The molecule has 0 radical (unpaired) electrons. The lowest BCUT2D eigenvalue weighted by Gasteiger charge is -2.26. The smallest absolute Gasteiger partial charge is 0.249 e. The molecule has 29 heavy (non-hydrogen) atoms. The molecule has 0 spiro atoms. The van der Waals surface area contributed by atoms with Crippen LogP contribution in [0.3, 0.4) is 0 Å². The van der Waals surface area contributed by atoms with Gasteiger partial charge < -0.3 is 25.4 Å². The van der Waals surface area contributed by atoms with Crippen LogP contribution in [0.4, 0.5) is 0 Å². The van der Waals surface area contributed by atoms with Crippen LogP contribution in [-0.2, 0) is 19.1 Å². The SMILES string of the molecule is CC.CC.CCCN(CCO)C(=O)COCC(=O)N(CCN)CC(=O)C(C)(C)C.[HH]. The van der Waals surface area contributed by atoms with E-state index in [0.717, 1.165) is 6.42 Å². The van der Waals surface area contributed by atoms with E-state index in [1.807, 2.05) is 34.6 Å². The average molecular weight is 422 g/mol. The van der Waals surface area contributed by atoms with Crippen LogP contribution in [0, 0.1) is 5.41 Å². The van der Waals surface area contributed by atoms with Crippen molar-refractivity contribution in [3.63, 3.8) is 0 Å². The van der Waals surface area contributed by atoms with Crippen LogP contribution >= 0.6 is 0 Å². The molecular weight excluding hydrogens is 374 g/mol. The zero-order chi connectivity index (χ0) is 23.5. The van der Waals surface area contributed by atoms with Crippen LogP contribution in [-0.4, -0.2) is 85.0 Å². The first-order chi connectivity index (χ1) is 13.7. The average Bonchev–Trinajstić information content (AvgIpc) is 2.69. The van der Waals surface area contributed by atoms with Gasteiger partial charge in [-0.2, -0.15) is 0 Å². The van der Waals surface area contributed by atoms with Crippen molar-refractivity contribution in [3.05, 3.63) is 0 Å². The number of hydrogen-bond donors (Lipinski definition) is 2. The zero-order valence-corrected chi connectivity index (χ0v) is 19.9. The second kappa shape index (κ2) is 19.8. The van der Waals surface area contributed by atoms with Gasteiger partial charge >= 0.3 is 0 Å². The highest BCUT2D eigenvalue weighted by molar-refractivity contribution is 5.89. The molecule has 0 aliphatic heterocycles. The molecule has 8 nitrogen and oxygen atoms in total. The van der Waals surface area contributed by atoms with Crippen LogP contribution in [0.25, 0.3) is 0 Å². The molecule has 0 atom stereocenters. The van der Waals surface area contributed by atoms with Crippen LogP contribution in [0.15, 0.2) is 0 Å². The summed E-state index contributed by atoms with van der Waals surface area (Å²) in [6.07, 6.45) is 0.768. The highest BCUT2D eigenvalue weighted by Crippen LogP contribution is 2.15. The molecule has 0 aromatic rings. The minimum atomic E-state index is -0.547. The maximum atomic E-state index is 12.2. The summed E-state index contributed by atoms with van der Waals surface area (Å²) in [4.78, 5) is 39.2. The number of nitrogens with two attached hydrogens (primary N) is 1. The summed E-state index contributed by atoms with van der Waals surface area (Å²) in [7, 11) is 0. The Balaban J connectivity index is -0.000000633. The van der Waals surface area contributed by atoms with Crippen molar-refractivity contribution >= 4 is 17.6 Å². The molecule has 8 heteroatoms. The summed E-state index contributed by atoms with van der Waals surface area (Å²) in [5.74, 6) is -0.720. The van der Waals surface area contributed by atoms with Crippen LogP contribution in [0.2, 0.25) is 0 Å². The standard InChI is InChI=1S/C17H33N3O5.2C2H6.H2/c1-5-7-19(9-10-21)15(23)12-25-13-16(24)20(8-6-18)11-14(22)17(2,3)4;2*1-2;/h21H,5-13,18H2,1-4H3;2*1-2H3;1H.